The summed E-state index contributed by atoms with van der Waals surface area (Å²) in [6, 6.07) is 8.49. The monoisotopic (exact) mass is 427 g/mol. The first-order valence-corrected chi connectivity index (χ1v) is 10.3. The molecule has 4 rings (SSSR count). The lowest BCUT2D eigenvalue weighted by Crippen LogP contribution is -2.39. The zero-order valence-corrected chi connectivity index (χ0v) is 17.6. The summed E-state index contributed by atoms with van der Waals surface area (Å²) < 4.78 is 9.50. The van der Waals surface area contributed by atoms with E-state index >= 15 is 0 Å². The van der Waals surface area contributed by atoms with Gasteiger partial charge in [-0.05, 0) is 36.1 Å². The molecule has 1 aromatic carbocycles. The SMILES string of the molecule is CC[C@@H](Cn1nc(-c2cccs2)oc1=O)NC(=O)c1ccc2c(c1)n(C)c(=O)n2C. The van der Waals surface area contributed by atoms with Crippen LogP contribution in [0.2, 0.25) is 0 Å². The van der Waals surface area contributed by atoms with E-state index in [0.29, 0.717) is 17.5 Å². The number of carbonyl (C=O) groups is 1. The molecule has 3 aromatic heterocycles. The number of nitrogens with one attached hydrogen (secondary N) is 1. The molecule has 0 aliphatic carbocycles. The zero-order chi connectivity index (χ0) is 21.4. The molecule has 0 radical (unpaired) electrons. The number of benzene rings is 1. The maximum atomic E-state index is 12.8. The molecule has 1 amide bonds. The van der Waals surface area contributed by atoms with Gasteiger partial charge in [-0.2, -0.15) is 4.68 Å². The molecule has 10 heteroatoms. The number of nitrogens with zero attached hydrogens (tertiary/aromatic N) is 4. The molecule has 0 fully saturated rings. The lowest BCUT2D eigenvalue weighted by Gasteiger charge is -2.16. The predicted molar refractivity (Wildman–Crippen MR) is 114 cm³/mol. The van der Waals surface area contributed by atoms with E-state index < -0.39 is 5.76 Å². The third kappa shape index (κ3) is 3.50. The first-order valence-electron chi connectivity index (χ1n) is 9.47. The Balaban J connectivity index is 1.53. The maximum Gasteiger partial charge on any atom is 0.437 e. The number of hydrogen-bond acceptors (Lipinski definition) is 6. The van der Waals surface area contributed by atoms with Crippen LogP contribution in [0, 0.1) is 0 Å². The van der Waals surface area contributed by atoms with Crippen LogP contribution in [0.3, 0.4) is 0 Å². The molecule has 0 unspecified atom stereocenters. The van der Waals surface area contributed by atoms with Crippen LogP contribution in [-0.2, 0) is 20.6 Å². The van der Waals surface area contributed by atoms with Crippen LogP contribution in [-0.4, -0.2) is 30.9 Å². The average Bonchev–Trinajstić information content (AvgIpc) is 3.45. The summed E-state index contributed by atoms with van der Waals surface area (Å²) in [4.78, 5) is 37.8. The van der Waals surface area contributed by atoms with Crippen molar-refractivity contribution in [2.75, 3.05) is 0 Å². The number of amides is 1. The summed E-state index contributed by atoms with van der Waals surface area (Å²) in [5.41, 5.74) is 1.72. The fourth-order valence-electron chi connectivity index (χ4n) is 3.32. The molecule has 0 aliphatic heterocycles. The fraction of sp³-hybridized carbons (Fsp3) is 0.300. The number of hydrogen-bond donors (Lipinski definition) is 1. The van der Waals surface area contributed by atoms with Crippen molar-refractivity contribution in [3.63, 3.8) is 0 Å². The van der Waals surface area contributed by atoms with Crippen LogP contribution in [0.4, 0.5) is 0 Å². The van der Waals surface area contributed by atoms with E-state index in [-0.39, 0.29) is 30.1 Å². The molecule has 1 atom stereocenters. The number of aryl methyl sites for hydroxylation is 2. The van der Waals surface area contributed by atoms with Crippen molar-refractivity contribution in [2.24, 2.45) is 14.1 Å². The van der Waals surface area contributed by atoms with Gasteiger partial charge in [0.15, 0.2) is 0 Å². The molecular weight excluding hydrogens is 406 g/mol. The minimum Gasteiger partial charge on any atom is -0.387 e. The van der Waals surface area contributed by atoms with Gasteiger partial charge < -0.3 is 9.73 Å². The van der Waals surface area contributed by atoms with Crippen LogP contribution in [0.25, 0.3) is 21.8 Å². The topological polar surface area (TPSA) is 104 Å². The summed E-state index contributed by atoms with van der Waals surface area (Å²) in [5, 5.41) is 9.05. The molecule has 0 bridgehead atoms. The summed E-state index contributed by atoms with van der Waals surface area (Å²) in [6.45, 7) is 2.11. The van der Waals surface area contributed by atoms with Gasteiger partial charge in [-0.3, -0.25) is 13.9 Å². The molecule has 3 heterocycles. The number of imidazole rings is 1. The van der Waals surface area contributed by atoms with Crippen molar-refractivity contribution >= 4 is 28.3 Å². The third-order valence-corrected chi connectivity index (χ3v) is 5.95. The second kappa shape index (κ2) is 7.79. The van der Waals surface area contributed by atoms with Crippen LogP contribution in [0.5, 0.6) is 0 Å². The van der Waals surface area contributed by atoms with E-state index in [4.69, 9.17) is 4.42 Å². The Morgan fingerprint density at radius 2 is 1.97 bits per heavy atom. The lowest BCUT2D eigenvalue weighted by molar-refractivity contribution is 0.0930. The van der Waals surface area contributed by atoms with Gasteiger partial charge in [0, 0.05) is 25.7 Å². The van der Waals surface area contributed by atoms with Crippen molar-refractivity contribution in [1.82, 2.24) is 24.2 Å². The molecular formula is C20H21N5O4S. The average molecular weight is 427 g/mol. The van der Waals surface area contributed by atoms with E-state index in [9.17, 15) is 14.4 Å². The predicted octanol–water partition coefficient (Wildman–Crippen LogP) is 1.96. The fourth-order valence-corrected chi connectivity index (χ4v) is 3.97. The van der Waals surface area contributed by atoms with Gasteiger partial charge in [-0.15, -0.1) is 16.4 Å². The van der Waals surface area contributed by atoms with Crippen molar-refractivity contribution in [3.05, 3.63) is 62.3 Å². The highest BCUT2D eigenvalue weighted by atomic mass is 32.1. The Kier molecular flexibility index (Phi) is 5.17. The standard InChI is InChI=1S/C20H21N5O4S/c1-4-13(11-25-20(28)29-18(22-25)16-6-5-9-30-16)21-17(26)12-7-8-14-15(10-12)24(3)19(27)23(14)2/h5-10,13H,4,11H2,1-3H3,(H,21,26)/t13-/m0/s1. The quantitative estimate of drug-likeness (QED) is 0.507. The maximum absolute atomic E-state index is 12.8. The minimum atomic E-state index is -0.563. The second-order valence-corrected chi connectivity index (χ2v) is 7.96. The summed E-state index contributed by atoms with van der Waals surface area (Å²) in [5.74, 6) is -0.575. The van der Waals surface area contributed by atoms with E-state index in [2.05, 4.69) is 10.4 Å². The second-order valence-electron chi connectivity index (χ2n) is 7.02. The van der Waals surface area contributed by atoms with Gasteiger partial charge in [0.25, 0.3) is 11.8 Å². The van der Waals surface area contributed by atoms with Crippen molar-refractivity contribution in [2.45, 2.75) is 25.9 Å². The van der Waals surface area contributed by atoms with E-state index in [1.165, 1.54) is 25.2 Å². The first kappa shape index (κ1) is 19.9. The minimum absolute atomic E-state index is 0.152. The van der Waals surface area contributed by atoms with Gasteiger partial charge in [0.2, 0.25) is 0 Å². The number of fused-ring (bicyclic) bond motifs is 1. The van der Waals surface area contributed by atoms with Gasteiger partial charge >= 0.3 is 11.4 Å². The Bertz CT molecular complexity index is 1330. The van der Waals surface area contributed by atoms with Gasteiger partial charge in [0.1, 0.15) is 0 Å². The Morgan fingerprint density at radius 3 is 2.67 bits per heavy atom. The van der Waals surface area contributed by atoms with E-state index in [1.807, 2.05) is 24.4 Å². The molecule has 0 spiro atoms. The Labute approximate surface area is 175 Å². The zero-order valence-electron chi connectivity index (χ0n) is 16.8. The smallest absolute Gasteiger partial charge is 0.387 e. The normalized spacial score (nSPS) is 12.4. The van der Waals surface area contributed by atoms with Crippen molar-refractivity contribution < 1.29 is 9.21 Å². The number of rotatable bonds is 6. The molecule has 0 saturated heterocycles. The Morgan fingerprint density at radius 1 is 1.20 bits per heavy atom. The largest absolute Gasteiger partial charge is 0.437 e. The molecule has 1 N–H and O–H groups in total. The third-order valence-electron chi connectivity index (χ3n) is 5.09. The summed E-state index contributed by atoms with van der Waals surface area (Å²) in [6.07, 6.45) is 0.603. The molecule has 0 saturated carbocycles. The van der Waals surface area contributed by atoms with Crippen LogP contribution in [0.15, 0.2) is 49.7 Å². The summed E-state index contributed by atoms with van der Waals surface area (Å²) in [7, 11) is 3.36. The molecule has 30 heavy (non-hydrogen) atoms. The van der Waals surface area contributed by atoms with Crippen molar-refractivity contribution in [3.8, 4) is 10.8 Å². The number of aromatic nitrogens is 4. The van der Waals surface area contributed by atoms with E-state index in [1.54, 1.807) is 32.3 Å². The summed E-state index contributed by atoms with van der Waals surface area (Å²) >= 11 is 1.43. The van der Waals surface area contributed by atoms with Crippen molar-refractivity contribution in [1.29, 1.82) is 0 Å². The van der Waals surface area contributed by atoms with Crippen LogP contribution < -0.4 is 16.8 Å². The molecule has 0 aliphatic rings. The molecule has 156 valence electrons. The Hall–Kier alpha value is -3.40. The highest BCUT2D eigenvalue weighted by Gasteiger charge is 2.18. The highest BCUT2D eigenvalue weighted by molar-refractivity contribution is 7.13. The van der Waals surface area contributed by atoms with Gasteiger partial charge in [-0.1, -0.05) is 13.0 Å². The first-order chi connectivity index (χ1) is 14.4. The van der Waals surface area contributed by atoms with Crippen LogP contribution in [0.1, 0.15) is 23.7 Å². The number of thiophene rings is 1. The van der Waals surface area contributed by atoms with E-state index in [0.717, 1.165) is 10.4 Å². The van der Waals surface area contributed by atoms with Crippen LogP contribution >= 0.6 is 11.3 Å². The number of carbonyl (C=O) groups excluding carboxylic acids is 1. The van der Waals surface area contributed by atoms with Gasteiger partial charge in [0.05, 0.1) is 22.5 Å². The lowest BCUT2D eigenvalue weighted by atomic mass is 10.1. The molecule has 4 aromatic rings. The van der Waals surface area contributed by atoms with Gasteiger partial charge in [-0.25, -0.2) is 9.59 Å². The highest BCUT2D eigenvalue weighted by Crippen LogP contribution is 2.21. The molecule has 9 nitrogen and oxygen atoms in total.